The number of halogens is 1. The molecule has 20 heavy (non-hydrogen) atoms. The number of likely N-dealkylation sites (N-methyl/N-ethyl adjacent to an activating group) is 1. The van der Waals surface area contributed by atoms with Crippen molar-refractivity contribution in [1.29, 1.82) is 0 Å². The minimum absolute atomic E-state index is 0.198. The summed E-state index contributed by atoms with van der Waals surface area (Å²) in [6, 6.07) is 10.0. The zero-order chi connectivity index (χ0) is 14.5. The fourth-order valence-corrected chi connectivity index (χ4v) is 2.49. The van der Waals surface area contributed by atoms with Gasteiger partial charge in [0.25, 0.3) is 0 Å². The van der Waals surface area contributed by atoms with E-state index in [0.29, 0.717) is 0 Å². The van der Waals surface area contributed by atoms with E-state index in [-0.39, 0.29) is 6.04 Å². The van der Waals surface area contributed by atoms with Gasteiger partial charge in [0.15, 0.2) is 0 Å². The number of methoxy groups -OCH3 is 1. The van der Waals surface area contributed by atoms with Crippen LogP contribution in [0.4, 0.5) is 0 Å². The highest BCUT2D eigenvalue weighted by atomic mass is 35.5. The van der Waals surface area contributed by atoms with E-state index >= 15 is 0 Å². The minimum atomic E-state index is 0.198. The topological polar surface area (TPSA) is 34.1 Å². The van der Waals surface area contributed by atoms with Crippen LogP contribution in [0.5, 0.6) is 5.75 Å². The van der Waals surface area contributed by atoms with Gasteiger partial charge >= 0.3 is 0 Å². The molecule has 0 aliphatic heterocycles. The van der Waals surface area contributed by atoms with Crippen molar-refractivity contribution < 1.29 is 4.74 Å². The Morgan fingerprint density at radius 1 is 1.30 bits per heavy atom. The molecule has 1 N–H and O–H groups in total. The van der Waals surface area contributed by atoms with Gasteiger partial charge in [-0.1, -0.05) is 11.6 Å². The Morgan fingerprint density at radius 2 is 2.10 bits per heavy atom. The van der Waals surface area contributed by atoms with Crippen LogP contribution in [0.25, 0.3) is 0 Å². The molecule has 1 aromatic carbocycles. The molecular formula is C16H19ClN2O. The van der Waals surface area contributed by atoms with Gasteiger partial charge in [-0.3, -0.25) is 4.98 Å². The lowest BCUT2D eigenvalue weighted by atomic mass is 9.98. The van der Waals surface area contributed by atoms with E-state index in [9.17, 15) is 0 Å². The smallest absolute Gasteiger partial charge is 0.122 e. The molecule has 1 atom stereocenters. The van der Waals surface area contributed by atoms with Crippen LogP contribution in [-0.2, 0) is 6.42 Å². The molecule has 3 nitrogen and oxygen atoms in total. The lowest BCUT2D eigenvalue weighted by molar-refractivity contribution is 0.406. The fraction of sp³-hybridized carbons (Fsp3) is 0.312. The maximum Gasteiger partial charge on any atom is 0.122 e. The third-order valence-electron chi connectivity index (χ3n) is 3.34. The summed E-state index contributed by atoms with van der Waals surface area (Å²) in [6.45, 7) is 2.00. The van der Waals surface area contributed by atoms with Crippen LogP contribution in [0.2, 0.25) is 5.02 Å². The SMILES string of the molecule is CNC(Cc1cc(Cl)ccc1OC)c1ccnc(C)c1. The molecule has 0 aliphatic rings. The number of hydrogen-bond donors (Lipinski definition) is 1. The number of nitrogens with zero attached hydrogens (tertiary/aromatic N) is 1. The fourth-order valence-electron chi connectivity index (χ4n) is 2.30. The van der Waals surface area contributed by atoms with E-state index in [4.69, 9.17) is 16.3 Å². The summed E-state index contributed by atoms with van der Waals surface area (Å²) in [6.07, 6.45) is 2.65. The normalized spacial score (nSPS) is 12.2. The summed E-state index contributed by atoms with van der Waals surface area (Å²) in [7, 11) is 3.63. The average molecular weight is 291 g/mol. The molecule has 0 saturated carbocycles. The molecule has 0 aliphatic carbocycles. The lowest BCUT2D eigenvalue weighted by Gasteiger charge is -2.19. The molecule has 0 amide bonds. The van der Waals surface area contributed by atoms with E-state index in [1.807, 2.05) is 44.4 Å². The number of hydrogen-bond acceptors (Lipinski definition) is 3. The first-order valence-corrected chi connectivity index (χ1v) is 6.94. The van der Waals surface area contributed by atoms with E-state index in [2.05, 4.69) is 16.4 Å². The summed E-state index contributed by atoms with van der Waals surface area (Å²) >= 11 is 6.09. The monoisotopic (exact) mass is 290 g/mol. The van der Waals surface area contributed by atoms with E-state index in [1.54, 1.807) is 7.11 Å². The van der Waals surface area contributed by atoms with Gasteiger partial charge in [0, 0.05) is 23.0 Å². The molecule has 2 aromatic rings. The van der Waals surface area contributed by atoms with Crippen LogP contribution in [-0.4, -0.2) is 19.1 Å². The predicted molar refractivity (Wildman–Crippen MR) is 82.5 cm³/mol. The van der Waals surface area contributed by atoms with Crippen molar-refractivity contribution in [3.8, 4) is 5.75 Å². The second kappa shape index (κ2) is 6.73. The van der Waals surface area contributed by atoms with Gasteiger partial charge < -0.3 is 10.1 Å². The van der Waals surface area contributed by atoms with Crippen LogP contribution in [0.15, 0.2) is 36.5 Å². The van der Waals surface area contributed by atoms with Crippen LogP contribution < -0.4 is 10.1 Å². The third kappa shape index (κ3) is 3.50. The molecule has 0 fully saturated rings. The summed E-state index contributed by atoms with van der Waals surface area (Å²) in [5, 5.41) is 4.06. The van der Waals surface area contributed by atoms with Crippen molar-refractivity contribution >= 4 is 11.6 Å². The Bertz CT molecular complexity index is 586. The maximum absolute atomic E-state index is 6.09. The summed E-state index contributed by atoms with van der Waals surface area (Å²) < 4.78 is 5.41. The zero-order valence-corrected chi connectivity index (χ0v) is 12.7. The van der Waals surface area contributed by atoms with Gasteiger partial charge in [-0.05, 0) is 61.9 Å². The minimum Gasteiger partial charge on any atom is -0.496 e. The van der Waals surface area contributed by atoms with Gasteiger partial charge in [0.1, 0.15) is 5.75 Å². The predicted octanol–water partition coefficient (Wildman–Crippen LogP) is 3.56. The van der Waals surface area contributed by atoms with Crippen LogP contribution >= 0.6 is 11.6 Å². The van der Waals surface area contributed by atoms with Crippen molar-refractivity contribution in [3.63, 3.8) is 0 Å². The van der Waals surface area contributed by atoms with E-state index in [1.165, 1.54) is 5.56 Å². The maximum atomic E-state index is 6.09. The Kier molecular flexibility index (Phi) is 4.99. The van der Waals surface area contributed by atoms with Crippen molar-refractivity contribution in [2.45, 2.75) is 19.4 Å². The molecule has 0 saturated heterocycles. The molecule has 1 aromatic heterocycles. The standard InChI is InChI=1S/C16H19ClN2O/c1-11-8-12(6-7-19-11)15(18-2)10-13-9-14(17)4-5-16(13)20-3/h4-9,15,18H,10H2,1-3H3. The van der Waals surface area contributed by atoms with E-state index < -0.39 is 0 Å². The number of ether oxygens (including phenoxy) is 1. The lowest BCUT2D eigenvalue weighted by Crippen LogP contribution is -2.19. The Hall–Kier alpha value is -1.58. The first kappa shape index (κ1) is 14.8. The number of aromatic nitrogens is 1. The van der Waals surface area contributed by atoms with Gasteiger partial charge in [-0.25, -0.2) is 0 Å². The molecule has 0 bridgehead atoms. The quantitative estimate of drug-likeness (QED) is 0.914. The molecule has 1 heterocycles. The highest BCUT2D eigenvalue weighted by molar-refractivity contribution is 6.30. The Labute approximate surface area is 124 Å². The van der Waals surface area contributed by atoms with Crippen molar-refractivity contribution in [3.05, 3.63) is 58.4 Å². The molecule has 0 spiro atoms. The van der Waals surface area contributed by atoms with Crippen LogP contribution in [0.3, 0.4) is 0 Å². The average Bonchev–Trinajstić information content (AvgIpc) is 2.45. The molecular weight excluding hydrogens is 272 g/mol. The number of pyridine rings is 1. The van der Waals surface area contributed by atoms with Gasteiger partial charge in [0.05, 0.1) is 7.11 Å². The number of aryl methyl sites for hydroxylation is 1. The van der Waals surface area contributed by atoms with Gasteiger partial charge in [0.2, 0.25) is 0 Å². The zero-order valence-electron chi connectivity index (χ0n) is 12.0. The molecule has 106 valence electrons. The van der Waals surface area contributed by atoms with Crippen molar-refractivity contribution in [2.24, 2.45) is 0 Å². The number of nitrogens with one attached hydrogen (secondary N) is 1. The van der Waals surface area contributed by atoms with Crippen molar-refractivity contribution in [2.75, 3.05) is 14.2 Å². The van der Waals surface area contributed by atoms with Gasteiger partial charge in [-0.15, -0.1) is 0 Å². The number of benzene rings is 1. The molecule has 1 unspecified atom stereocenters. The summed E-state index contributed by atoms with van der Waals surface area (Å²) in [5.41, 5.74) is 3.32. The second-order valence-corrected chi connectivity index (χ2v) is 5.17. The second-order valence-electron chi connectivity index (χ2n) is 4.73. The molecule has 4 heteroatoms. The summed E-state index contributed by atoms with van der Waals surface area (Å²) in [4.78, 5) is 4.24. The molecule has 2 rings (SSSR count). The van der Waals surface area contributed by atoms with Crippen LogP contribution in [0.1, 0.15) is 22.9 Å². The Morgan fingerprint density at radius 3 is 2.75 bits per heavy atom. The van der Waals surface area contributed by atoms with Gasteiger partial charge in [-0.2, -0.15) is 0 Å². The first-order valence-electron chi connectivity index (χ1n) is 6.56. The van der Waals surface area contributed by atoms with E-state index in [0.717, 1.165) is 28.5 Å². The Balaban J connectivity index is 2.28. The van der Waals surface area contributed by atoms with Crippen molar-refractivity contribution in [1.82, 2.24) is 10.3 Å². The largest absolute Gasteiger partial charge is 0.496 e. The first-order chi connectivity index (χ1) is 9.63. The van der Waals surface area contributed by atoms with Crippen LogP contribution in [0, 0.1) is 6.92 Å². The molecule has 0 radical (unpaired) electrons. The highest BCUT2D eigenvalue weighted by Crippen LogP contribution is 2.27. The highest BCUT2D eigenvalue weighted by Gasteiger charge is 2.14. The number of rotatable bonds is 5. The third-order valence-corrected chi connectivity index (χ3v) is 3.57. The summed E-state index contributed by atoms with van der Waals surface area (Å²) in [5.74, 6) is 0.862.